The molecule has 0 aliphatic carbocycles. The van der Waals surface area contributed by atoms with Gasteiger partial charge in [-0.1, -0.05) is 18.2 Å². The maximum absolute atomic E-state index is 13.4. The lowest BCUT2D eigenvalue weighted by molar-refractivity contribution is -0.153. The number of carbonyl (C=O) groups is 2. The topological polar surface area (TPSA) is 64.6 Å². The molecule has 7 heteroatoms. The van der Waals surface area contributed by atoms with Gasteiger partial charge in [0.25, 0.3) is 5.91 Å². The molecule has 5 nitrogen and oxygen atoms in total. The van der Waals surface area contributed by atoms with Crippen LogP contribution in [0.1, 0.15) is 12.5 Å². The lowest BCUT2D eigenvalue weighted by atomic mass is 10.2. The summed E-state index contributed by atoms with van der Waals surface area (Å²) in [5.74, 6) is -2.99. The van der Waals surface area contributed by atoms with E-state index < -0.39 is 41.9 Å². The average molecular weight is 349 g/mol. The fourth-order valence-corrected chi connectivity index (χ4v) is 1.99. The predicted molar refractivity (Wildman–Crippen MR) is 87.2 cm³/mol. The minimum Gasteiger partial charge on any atom is -0.479 e. The Bertz CT molecular complexity index is 759. The first-order valence-corrected chi connectivity index (χ1v) is 7.50. The molecule has 0 bridgehead atoms. The number of carbonyl (C=O) groups excluding carboxylic acids is 2. The molecule has 0 unspecified atom stereocenters. The minimum absolute atomic E-state index is 0.488. The molecule has 0 aromatic heterocycles. The van der Waals surface area contributed by atoms with Gasteiger partial charge in [-0.2, -0.15) is 0 Å². The zero-order valence-corrected chi connectivity index (χ0v) is 13.7. The van der Waals surface area contributed by atoms with E-state index in [-0.39, 0.29) is 0 Å². The number of rotatable bonds is 6. The van der Waals surface area contributed by atoms with Crippen LogP contribution in [0.3, 0.4) is 0 Å². The highest BCUT2D eigenvalue weighted by atomic mass is 19.1. The van der Waals surface area contributed by atoms with Crippen LogP contribution in [0.4, 0.5) is 14.5 Å². The molecule has 0 fully saturated rings. The van der Waals surface area contributed by atoms with E-state index in [0.717, 1.165) is 17.7 Å². The fraction of sp³-hybridized carbons (Fsp3) is 0.222. The quantitative estimate of drug-likeness (QED) is 0.814. The van der Waals surface area contributed by atoms with E-state index in [1.165, 1.54) is 13.0 Å². The van der Waals surface area contributed by atoms with Crippen molar-refractivity contribution in [3.63, 3.8) is 0 Å². The number of ether oxygens (including phenoxy) is 2. The number of para-hydroxylation sites is 1. The number of anilines is 1. The number of hydrogen-bond donors (Lipinski definition) is 1. The number of amides is 1. The van der Waals surface area contributed by atoms with Crippen molar-refractivity contribution in [2.75, 3.05) is 11.9 Å². The molecule has 0 aliphatic rings. The third-order valence-corrected chi connectivity index (χ3v) is 3.21. The van der Waals surface area contributed by atoms with E-state index >= 15 is 0 Å². The van der Waals surface area contributed by atoms with Gasteiger partial charge in [-0.05, 0) is 43.7 Å². The van der Waals surface area contributed by atoms with Crippen LogP contribution in [0.2, 0.25) is 0 Å². The van der Waals surface area contributed by atoms with Crippen molar-refractivity contribution < 1.29 is 27.8 Å². The molecule has 1 amide bonds. The van der Waals surface area contributed by atoms with E-state index in [4.69, 9.17) is 9.47 Å². The van der Waals surface area contributed by atoms with Crippen LogP contribution in [0.15, 0.2) is 42.5 Å². The maximum Gasteiger partial charge on any atom is 0.347 e. The van der Waals surface area contributed by atoms with Gasteiger partial charge in [0, 0.05) is 0 Å². The van der Waals surface area contributed by atoms with E-state index in [1.807, 2.05) is 18.3 Å². The second-order valence-corrected chi connectivity index (χ2v) is 5.33. The molecule has 1 atom stereocenters. The van der Waals surface area contributed by atoms with Crippen LogP contribution in [0.25, 0.3) is 0 Å². The Kier molecular flexibility index (Phi) is 6.05. The molecule has 132 valence electrons. The highest BCUT2D eigenvalue weighted by Crippen LogP contribution is 2.18. The van der Waals surface area contributed by atoms with Crippen LogP contribution in [0.5, 0.6) is 5.75 Å². The average Bonchev–Trinajstić information content (AvgIpc) is 2.56. The smallest absolute Gasteiger partial charge is 0.347 e. The second-order valence-electron chi connectivity index (χ2n) is 5.33. The van der Waals surface area contributed by atoms with E-state index in [0.29, 0.717) is 5.75 Å². The zero-order valence-electron chi connectivity index (χ0n) is 13.7. The van der Waals surface area contributed by atoms with Crippen LogP contribution < -0.4 is 10.1 Å². The molecule has 0 saturated heterocycles. The van der Waals surface area contributed by atoms with Gasteiger partial charge in [0.15, 0.2) is 12.7 Å². The molecule has 0 saturated carbocycles. The standard InChI is InChI=1S/C18H17F2NO4/c1-11-5-3-6-13(9-11)25-12(2)18(23)24-10-16(22)21-17-14(19)7-4-8-15(17)20/h3-9,12H,10H2,1-2H3,(H,21,22)/t12-/m1/s1. The summed E-state index contributed by atoms with van der Waals surface area (Å²) in [6.45, 7) is 2.66. The lowest BCUT2D eigenvalue weighted by Crippen LogP contribution is -2.30. The van der Waals surface area contributed by atoms with Crippen LogP contribution in [-0.2, 0) is 14.3 Å². The molecule has 0 spiro atoms. The Morgan fingerprint density at radius 2 is 1.76 bits per heavy atom. The molecule has 0 heterocycles. The van der Waals surface area contributed by atoms with E-state index in [9.17, 15) is 18.4 Å². The Labute approximate surface area is 143 Å². The first kappa shape index (κ1) is 18.4. The van der Waals surface area contributed by atoms with Crippen molar-refractivity contribution in [3.8, 4) is 5.75 Å². The first-order chi connectivity index (χ1) is 11.9. The van der Waals surface area contributed by atoms with Gasteiger partial charge in [-0.3, -0.25) is 4.79 Å². The number of benzene rings is 2. The summed E-state index contributed by atoms with van der Waals surface area (Å²) in [5, 5.41) is 2.02. The van der Waals surface area contributed by atoms with Crippen molar-refractivity contribution in [3.05, 3.63) is 59.7 Å². The zero-order chi connectivity index (χ0) is 18.4. The Hall–Kier alpha value is -2.96. The van der Waals surface area contributed by atoms with E-state index in [1.54, 1.807) is 18.2 Å². The molecular weight excluding hydrogens is 332 g/mol. The van der Waals surface area contributed by atoms with Crippen LogP contribution in [0, 0.1) is 18.6 Å². The van der Waals surface area contributed by atoms with Crippen LogP contribution in [-0.4, -0.2) is 24.6 Å². The highest BCUT2D eigenvalue weighted by molar-refractivity contribution is 5.93. The number of hydrogen-bond acceptors (Lipinski definition) is 4. The van der Waals surface area contributed by atoms with Crippen molar-refractivity contribution in [1.82, 2.24) is 0 Å². The number of halogens is 2. The minimum atomic E-state index is -0.945. The number of nitrogens with one attached hydrogen (secondary N) is 1. The Balaban J connectivity index is 1.85. The van der Waals surface area contributed by atoms with Crippen molar-refractivity contribution >= 4 is 17.6 Å². The number of esters is 1. The van der Waals surface area contributed by atoms with Gasteiger partial charge < -0.3 is 14.8 Å². The van der Waals surface area contributed by atoms with Gasteiger partial charge in [0.05, 0.1) is 0 Å². The molecule has 0 aliphatic heterocycles. The molecule has 2 rings (SSSR count). The summed E-state index contributed by atoms with van der Waals surface area (Å²) in [5.41, 5.74) is 0.372. The molecule has 2 aromatic carbocycles. The van der Waals surface area contributed by atoms with Crippen molar-refractivity contribution in [2.24, 2.45) is 0 Å². The lowest BCUT2D eigenvalue weighted by Gasteiger charge is -2.14. The predicted octanol–water partition coefficient (Wildman–Crippen LogP) is 3.22. The molecular formula is C18H17F2NO4. The summed E-state index contributed by atoms with van der Waals surface area (Å²) < 4.78 is 37.1. The SMILES string of the molecule is Cc1cccc(O[C@H](C)C(=O)OCC(=O)Nc2c(F)cccc2F)c1. The summed E-state index contributed by atoms with van der Waals surface area (Å²) in [7, 11) is 0. The summed E-state index contributed by atoms with van der Waals surface area (Å²) >= 11 is 0. The second kappa shape index (κ2) is 8.23. The van der Waals surface area contributed by atoms with Gasteiger partial charge in [-0.15, -0.1) is 0 Å². The van der Waals surface area contributed by atoms with Crippen molar-refractivity contribution in [2.45, 2.75) is 20.0 Å². The van der Waals surface area contributed by atoms with E-state index in [2.05, 4.69) is 0 Å². The largest absolute Gasteiger partial charge is 0.479 e. The van der Waals surface area contributed by atoms with Gasteiger partial charge in [0.2, 0.25) is 0 Å². The molecule has 0 radical (unpaired) electrons. The Morgan fingerprint density at radius 1 is 1.12 bits per heavy atom. The van der Waals surface area contributed by atoms with Gasteiger partial charge in [-0.25, -0.2) is 13.6 Å². The number of aryl methyl sites for hydroxylation is 1. The third-order valence-electron chi connectivity index (χ3n) is 3.21. The monoisotopic (exact) mass is 349 g/mol. The van der Waals surface area contributed by atoms with Gasteiger partial charge >= 0.3 is 5.97 Å². The van der Waals surface area contributed by atoms with Gasteiger partial charge in [0.1, 0.15) is 23.1 Å². The highest BCUT2D eigenvalue weighted by Gasteiger charge is 2.19. The first-order valence-electron chi connectivity index (χ1n) is 7.50. The molecule has 2 aromatic rings. The summed E-state index contributed by atoms with van der Waals surface area (Å²) in [4.78, 5) is 23.5. The summed E-state index contributed by atoms with van der Waals surface area (Å²) in [6, 6.07) is 10.3. The summed E-state index contributed by atoms with van der Waals surface area (Å²) in [6.07, 6.45) is -0.945. The normalized spacial score (nSPS) is 11.5. The van der Waals surface area contributed by atoms with Crippen molar-refractivity contribution in [1.29, 1.82) is 0 Å². The fourth-order valence-electron chi connectivity index (χ4n) is 1.99. The molecule has 1 N–H and O–H groups in total. The van der Waals surface area contributed by atoms with Crippen LogP contribution >= 0.6 is 0 Å². The Morgan fingerprint density at radius 3 is 2.40 bits per heavy atom. The molecule has 25 heavy (non-hydrogen) atoms. The third kappa shape index (κ3) is 5.27. The maximum atomic E-state index is 13.4.